The van der Waals surface area contributed by atoms with Crippen molar-refractivity contribution in [2.24, 2.45) is 4.99 Å². The number of allylic oxidation sites excluding steroid dienone is 3. The van der Waals surface area contributed by atoms with Crippen molar-refractivity contribution in [1.82, 2.24) is 0 Å². The Labute approximate surface area is 110 Å². The smallest absolute Gasteiger partial charge is 0.180 e. The van der Waals surface area contributed by atoms with Gasteiger partial charge in [0.1, 0.15) is 4.83 Å². The Morgan fingerprint density at radius 3 is 2.59 bits per heavy atom. The summed E-state index contributed by atoms with van der Waals surface area (Å²) < 4.78 is 0. The maximum absolute atomic E-state index is 12.2. The predicted octanol–water partition coefficient (Wildman–Crippen LogP) is 3.85. The molecule has 1 aromatic carbocycles. The van der Waals surface area contributed by atoms with Gasteiger partial charge >= 0.3 is 0 Å². The van der Waals surface area contributed by atoms with E-state index in [4.69, 9.17) is 0 Å². The summed E-state index contributed by atoms with van der Waals surface area (Å²) in [5.74, 6) is 0.0126. The number of carbonyl (C=O) groups excluding carboxylic acids is 1. The number of hydrogen-bond donors (Lipinski definition) is 0. The molecule has 0 fully saturated rings. The van der Waals surface area contributed by atoms with Gasteiger partial charge in [0.2, 0.25) is 0 Å². The van der Waals surface area contributed by atoms with Gasteiger partial charge < -0.3 is 0 Å². The Bertz CT molecular complexity index is 449. The molecule has 0 amide bonds. The molecule has 0 spiro atoms. The van der Waals surface area contributed by atoms with Crippen molar-refractivity contribution < 1.29 is 4.79 Å². The van der Waals surface area contributed by atoms with Crippen molar-refractivity contribution in [1.29, 1.82) is 0 Å². The van der Waals surface area contributed by atoms with Crippen LogP contribution in [0.15, 0.2) is 59.2 Å². The summed E-state index contributed by atoms with van der Waals surface area (Å²) in [5.41, 5.74) is 1.56. The largest absolute Gasteiger partial charge is 0.293 e. The van der Waals surface area contributed by atoms with Crippen LogP contribution in [-0.4, -0.2) is 12.5 Å². The van der Waals surface area contributed by atoms with E-state index in [2.05, 4.69) is 27.6 Å². The van der Waals surface area contributed by atoms with Gasteiger partial charge in [-0.2, -0.15) is 0 Å². The lowest BCUT2D eigenvalue weighted by Crippen LogP contribution is -2.08. The Balaban J connectivity index is 2.89. The Morgan fingerprint density at radius 1 is 1.41 bits per heavy atom. The zero-order valence-corrected chi connectivity index (χ0v) is 11.2. The third-order valence-electron chi connectivity index (χ3n) is 2.28. The van der Waals surface area contributed by atoms with Crippen molar-refractivity contribution in [3.63, 3.8) is 0 Å². The van der Waals surface area contributed by atoms with Crippen molar-refractivity contribution >= 4 is 28.4 Å². The molecule has 0 heterocycles. The maximum atomic E-state index is 12.2. The molecule has 0 radical (unpaired) electrons. The molecule has 0 N–H and O–H groups in total. The second-order valence-electron chi connectivity index (χ2n) is 3.38. The highest BCUT2D eigenvalue weighted by Crippen LogP contribution is 2.26. The number of halogens is 1. The fraction of sp³-hybridized carbons (Fsp3) is 0.143. The molecular weight excluding hydrogens is 278 g/mol. The standard InChI is InChI=1S/C14H14BrNO/c1-3-11(9-10-16-2)14(17)13(15)12-7-5-4-6-8-12/h3-10,13H,2H2,1H3/b10-9-,11-3+. The lowest BCUT2D eigenvalue weighted by atomic mass is 10.0. The molecule has 0 aliphatic carbocycles. The number of rotatable bonds is 5. The van der Waals surface area contributed by atoms with Gasteiger partial charge in [0.15, 0.2) is 5.78 Å². The van der Waals surface area contributed by atoms with E-state index in [1.165, 1.54) is 6.20 Å². The van der Waals surface area contributed by atoms with Crippen LogP contribution in [0.25, 0.3) is 0 Å². The monoisotopic (exact) mass is 291 g/mol. The average Bonchev–Trinajstić information content (AvgIpc) is 2.39. The Morgan fingerprint density at radius 2 is 2.06 bits per heavy atom. The summed E-state index contributed by atoms with van der Waals surface area (Å²) >= 11 is 3.41. The molecule has 1 atom stereocenters. The SMILES string of the molecule is C=N/C=C\C(=C/C)C(=O)C(Br)c1ccccc1. The van der Waals surface area contributed by atoms with E-state index in [0.29, 0.717) is 5.57 Å². The molecule has 3 heteroatoms. The lowest BCUT2D eigenvalue weighted by Gasteiger charge is -2.09. The van der Waals surface area contributed by atoms with Gasteiger partial charge in [-0.25, -0.2) is 0 Å². The zero-order chi connectivity index (χ0) is 12.7. The molecule has 0 aliphatic rings. The molecule has 0 saturated heterocycles. The van der Waals surface area contributed by atoms with E-state index in [-0.39, 0.29) is 10.6 Å². The fourth-order valence-electron chi connectivity index (χ4n) is 1.37. The van der Waals surface area contributed by atoms with Crippen LogP contribution in [0.1, 0.15) is 17.3 Å². The van der Waals surface area contributed by atoms with Gasteiger partial charge in [-0.3, -0.25) is 9.79 Å². The number of nitrogens with zero attached hydrogens (tertiary/aromatic N) is 1. The van der Waals surface area contributed by atoms with Crippen LogP contribution in [0.2, 0.25) is 0 Å². The highest BCUT2D eigenvalue weighted by Gasteiger charge is 2.18. The van der Waals surface area contributed by atoms with E-state index in [9.17, 15) is 4.79 Å². The number of benzene rings is 1. The van der Waals surface area contributed by atoms with Crippen LogP contribution >= 0.6 is 15.9 Å². The van der Waals surface area contributed by atoms with Crippen LogP contribution in [0.3, 0.4) is 0 Å². The number of carbonyl (C=O) groups is 1. The number of hydrogen-bond acceptors (Lipinski definition) is 2. The first kappa shape index (κ1) is 13.6. The first-order valence-corrected chi connectivity index (χ1v) is 6.14. The Hall–Kier alpha value is -1.48. The van der Waals surface area contributed by atoms with Crippen LogP contribution in [0.4, 0.5) is 0 Å². The summed E-state index contributed by atoms with van der Waals surface area (Å²) in [7, 11) is 0. The fourth-order valence-corrected chi connectivity index (χ4v) is 1.94. The second-order valence-corrected chi connectivity index (χ2v) is 4.30. The minimum absolute atomic E-state index is 0.0126. The van der Waals surface area contributed by atoms with E-state index < -0.39 is 0 Å². The average molecular weight is 292 g/mol. The topological polar surface area (TPSA) is 29.4 Å². The number of aliphatic imine (C=N–C) groups is 1. The summed E-state index contributed by atoms with van der Waals surface area (Å²) in [4.78, 5) is 15.4. The summed E-state index contributed by atoms with van der Waals surface area (Å²) in [6.45, 7) is 5.17. The molecule has 17 heavy (non-hydrogen) atoms. The van der Waals surface area contributed by atoms with Gasteiger partial charge in [0.05, 0.1) is 0 Å². The normalized spacial score (nSPS) is 13.6. The van der Waals surface area contributed by atoms with E-state index in [1.54, 1.807) is 12.2 Å². The van der Waals surface area contributed by atoms with E-state index in [0.717, 1.165) is 5.56 Å². The van der Waals surface area contributed by atoms with Gasteiger partial charge in [0, 0.05) is 11.8 Å². The van der Waals surface area contributed by atoms with Gasteiger partial charge in [-0.15, -0.1) is 0 Å². The molecule has 1 aromatic rings. The molecule has 0 bridgehead atoms. The molecule has 1 rings (SSSR count). The molecule has 88 valence electrons. The van der Waals surface area contributed by atoms with Gasteiger partial charge in [-0.05, 0) is 25.3 Å². The number of ketones is 1. The van der Waals surface area contributed by atoms with Crippen LogP contribution in [-0.2, 0) is 4.79 Å². The van der Waals surface area contributed by atoms with Gasteiger partial charge in [-0.1, -0.05) is 52.3 Å². The predicted molar refractivity (Wildman–Crippen MR) is 75.6 cm³/mol. The van der Waals surface area contributed by atoms with Crippen LogP contribution < -0.4 is 0 Å². The summed E-state index contributed by atoms with van der Waals surface area (Å²) in [6.07, 6.45) is 4.94. The van der Waals surface area contributed by atoms with E-state index >= 15 is 0 Å². The van der Waals surface area contributed by atoms with Crippen LogP contribution in [0.5, 0.6) is 0 Å². The lowest BCUT2D eigenvalue weighted by molar-refractivity contribution is -0.114. The first-order chi connectivity index (χ1) is 8.20. The van der Waals surface area contributed by atoms with Crippen molar-refractivity contribution in [2.75, 3.05) is 0 Å². The zero-order valence-electron chi connectivity index (χ0n) is 9.64. The maximum Gasteiger partial charge on any atom is 0.180 e. The highest BCUT2D eigenvalue weighted by molar-refractivity contribution is 9.09. The minimum Gasteiger partial charge on any atom is -0.293 e. The van der Waals surface area contributed by atoms with Crippen molar-refractivity contribution in [2.45, 2.75) is 11.8 Å². The minimum atomic E-state index is -0.329. The molecular formula is C14H14BrNO. The quantitative estimate of drug-likeness (QED) is 0.351. The number of Topliss-reactive ketones (excluding diaryl/α,β-unsaturated/α-hetero) is 1. The third kappa shape index (κ3) is 3.79. The summed E-state index contributed by atoms with van der Waals surface area (Å²) in [6, 6.07) is 9.58. The third-order valence-corrected chi connectivity index (χ3v) is 3.22. The molecule has 2 nitrogen and oxygen atoms in total. The first-order valence-electron chi connectivity index (χ1n) is 5.22. The molecule has 0 aromatic heterocycles. The highest BCUT2D eigenvalue weighted by atomic mass is 79.9. The molecule has 0 aliphatic heterocycles. The summed E-state index contributed by atoms with van der Waals surface area (Å²) in [5, 5.41) is 0. The van der Waals surface area contributed by atoms with Crippen molar-refractivity contribution in [3.05, 3.63) is 59.8 Å². The molecule has 0 saturated carbocycles. The molecule has 1 unspecified atom stereocenters. The van der Waals surface area contributed by atoms with Crippen LogP contribution in [0, 0.1) is 0 Å². The van der Waals surface area contributed by atoms with Crippen molar-refractivity contribution in [3.8, 4) is 0 Å². The number of alkyl halides is 1. The van der Waals surface area contributed by atoms with Gasteiger partial charge in [0.25, 0.3) is 0 Å². The Kier molecular flexibility index (Phi) is 5.57. The van der Waals surface area contributed by atoms with E-state index in [1.807, 2.05) is 37.3 Å². The second kappa shape index (κ2) is 6.97.